The molecule has 0 radical (unpaired) electrons. The van der Waals surface area contributed by atoms with Gasteiger partial charge in [-0.25, -0.2) is 4.39 Å². The van der Waals surface area contributed by atoms with Crippen molar-refractivity contribution >= 4 is 5.91 Å². The van der Waals surface area contributed by atoms with E-state index < -0.39 is 5.82 Å². The summed E-state index contributed by atoms with van der Waals surface area (Å²) >= 11 is 0. The molecule has 1 aromatic rings. The maximum atomic E-state index is 13.7. The topological polar surface area (TPSA) is 41.6 Å². The SMILES string of the molecule is CNC(C)c1ccc(OCC(=O)N(C)C)c(F)c1. The van der Waals surface area contributed by atoms with E-state index >= 15 is 0 Å². The first-order valence-electron chi connectivity index (χ1n) is 5.75. The quantitative estimate of drug-likeness (QED) is 0.867. The number of benzene rings is 1. The molecule has 1 atom stereocenters. The van der Waals surface area contributed by atoms with E-state index in [1.807, 2.05) is 14.0 Å². The van der Waals surface area contributed by atoms with Crippen molar-refractivity contribution in [2.45, 2.75) is 13.0 Å². The number of rotatable bonds is 5. The summed E-state index contributed by atoms with van der Waals surface area (Å²) < 4.78 is 18.9. The van der Waals surface area contributed by atoms with Gasteiger partial charge in [0.05, 0.1) is 0 Å². The van der Waals surface area contributed by atoms with E-state index in [1.165, 1.54) is 11.0 Å². The van der Waals surface area contributed by atoms with Gasteiger partial charge in [-0.15, -0.1) is 0 Å². The lowest BCUT2D eigenvalue weighted by Crippen LogP contribution is -2.27. The molecule has 1 unspecified atom stereocenters. The van der Waals surface area contributed by atoms with Crippen molar-refractivity contribution in [3.63, 3.8) is 0 Å². The number of amides is 1. The number of hydrogen-bond acceptors (Lipinski definition) is 3. The Hall–Kier alpha value is -1.62. The molecular formula is C13H19FN2O2. The maximum Gasteiger partial charge on any atom is 0.259 e. The van der Waals surface area contributed by atoms with Crippen LogP contribution >= 0.6 is 0 Å². The second-order valence-corrected chi connectivity index (χ2v) is 4.28. The van der Waals surface area contributed by atoms with E-state index in [1.54, 1.807) is 26.2 Å². The molecule has 5 heteroatoms. The lowest BCUT2D eigenvalue weighted by Gasteiger charge is -2.14. The van der Waals surface area contributed by atoms with Gasteiger partial charge in [0.15, 0.2) is 18.2 Å². The van der Waals surface area contributed by atoms with E-state index in [4.69, 9.17) is 4.74 Å². The molecule has 0 aliphatic rings. The highest BCUT2D eigenvalue weighted by Gasteiger charge is 2.11. The van der Waals surface area contributed by atoms with Crippen LogP contribution in [0.25, 0.3) is 0 Å². The van der Waals surface area contributed by atoms with E-state index in [-0.39, 0.29) is 24.3 Å². The molecule has 0 aliphatic carbocycles. The lowest BCUT2D eigenvalue weighted by atomic mass is 10.1. The summed E-state index contributed by atoms with van der Waals surface area (Å²) in [5.74, 6) is -0.569. The lowest BCUT2D eigenvalue weighted by molar-refractivity contribution is -0.130. The number of hydrogen-bond donors (Lipinski definition) is 1. The van der Waals surface area contributed by atoms with E-state index in [9.17, 15) is 9.18 Å². The van der Waals surface area contributed by atoms with Crippen LogP contribution in [0.3, 0.4) is 0 Å². The van der Waals surface area contributed by atoms with Gasteiger partial charge in [-0.05, 0) is 31.7 Å². The molecule has 0 spiro atoms. The molecular weight excluding hydrogens is 235 g/mol. The molecule has 0 saturated heterocycles. The summed E-state index contributed by atoms with van der Waals surface area (Å²) in [6, 6.07) is 4.80. The highest BCUT2D eigenvalue weighted by atomic mass is 19.1. The van der Waals surface area contributed by atoms with Gasteiger partial charge in [-0.2, -0.15) is 0 Å². The number of carbonyl (C=O) groups excluding carboxylic acids is 1. The summed E-state index contributed by atoms with van der Waals surface area (Å²) in [7, 11) is 5.06. The van der Waals surface area contributed by atoms with Gasteiger partial charge >= 0.3 is 0 Å². The summed E-state index contributed by atoms with van der Waals surface area (Å²) in [5.41, 5.74) is 0.835. The van der Waals surface area contributed by atoms with Gasteiger partial charge in [-0.1, -0.05) is 6.07 Å². The Balaban J connectivity index is 2.71. The largest absolute Gasteiger partial charge is 0.481 e. The molecule has 0 aromatic heterocycles. The molecule has 1 rings (SSSR count). The molecule has 0 bridgehead atoms. The molecule has 18 heavy (non-hydrogen) atoms. The second-order valence-electron chi connectivity index (χ2n) is 4.28. The number of nitrogens with one attached hydrogen (secondary N) is 1. The smallest absolute Gasteiger partial charge is 0.259 e. The van der Waals surface area contributed by atoms with Crippen molar-refractivity contribution in [1.82, 2.24) is 10.2 Å². The van der Waals surface area contributed by atoms with Crippen molar-refractivity contribution < 1.29 is 13.9 Å². The summed E-state index contributed by atoms with van der Waals surface area (Å²) in [4.78, 5) is 12.7. The minimum atomic E-state index is -0.457. The zero-order valence-corrected chi connectivity index (χ0v) is 11.2. The molecule has 1 N–H and O–H groups in total. The third-order valence-electron chi connectivity index (χ3n) is 2.74. The van der Waals surface area contributed by atoms with Crippen molar-refractivity contribution in [3.05, 3.63) is 29.6 Å². The summed E-state index contributed by atoms with van der Waals surface area (Å²) in [5, 5.41) is 3.02. The third kappa shape index (κ3) is 3.70. The highest BCUT2D eigenvalue weighted by Crippen LogP contribution is 2.21. The molecule has 0 heterocycles. The van der Waals surface area contributed by atoms with Crippen LogP contribution < -0.4 is 10.1 Å². The van der Waals surface area contributed by atoms with Crippen molar-refractivity contribution in [2.24, 2.45) is 0 Å². The molecule has 1 amide bonds. The van der Waals surface area contributed by atoms with Crippen LogP contribution in [0.4, 0.5) is 4.39 Å². The van der Waals surface area contributed by atoms with Gasteiger partial charge in [-0.3, -0.25) is 4.79 Å². The average molecular weight is 254 g/mol. The van der Waals surface area contributed by atoms with Crippen molar-refractivity contribution in [2.75, 3.05) is 27.7 Å². The monoisotopic (exact) mass is 254 g/mol. The third-order valence-corrected chi connectivity index (χ3v) is 2.74. The molecule has 0 fully saturated rings. The van der Waals surface area contributed by atoms with Crippen molar-refractivity contribution in [1.29, 1.82) is 0 Å². The first kappa shape index (κ1) is 14.4. The minimum Gasteiger partial charge on any atom is -0.481 e. The Morgan fingerprint density at radius 3 is 2.67 bits per heavy atom. The normalized spacial score (nSPS) is 12.1. The average Bonchev–Trinajstić information content (AvgIpc) is 2.35. The fourth-order valence-corrected chi connectivity index (χ4v) is 1.34. The predicted molar refractivity (Wildman–Crippen MR) is 68.1 cm³/mol. The number of nitrogens with zero attached hydrogens (tertiary/aromatic N) is 1. The molecule has 1 aromatic carbocycles. The second kappa shape index (κ2) is 6.35. The first-order chi connectivity index (χ1) is 8.45. The van der Waals surface area contributed by atoms with Crippen LogP contribution in [0.2, 0.25) is 0 Å². The minimum absolute atomic E-state index is 0.0666. The maximum absolute atomic E-state index is 13.7. The van der Waals surface area contributed by atoms with Gasteiger partial charge in [0.1, 0.15) is 0 Å². The van der Waals surface area contributed by atoms with Gasteiger partial charge < -0.3 is 15.0 Å². The zero-order valence-electron chi connectivity index (χ0n) is 11.2. The van der Waals surface area contributed by atoms with Gasteiger partial charge in [0.25, 0.3) is 5.91 Å². The molecule has 4 nitrogen and oxygen atoms in total. The molecule has 0 aliphatic heterocycles. The van der Waals surface area contributed by atoms with Crippen LogP contribution in [0.1, 0.15) is 18.5 Å². The summed E-state index contributed by atoms with van der Waals surface area (Å²) in [6.45, 7) is 1.77. The van der Waals surface area contributed by atoms with Crippen LogP contribution in [0.5, 0.6) is 5.75 Å². The standard InChI is InChI=1S/C13H19FN2O2/c1-9(15-2)10-5-6-12(11(14)7-10)18-8-13(17)16(3)4/h5-7,9,15H,8H2,1-4H3. The number of ether oxygens (including phenoxy) is 1. The van der Waals surface area contributed by atoms with Crippen LogP contribution in [-0.4, -0.2) is 38.6 Å². The number of halogens is 1. The van der Waals surface area contributed by atoms with Crippen LogP contribution in [0, 0.1) is 5.82 Å². The summed E-state index contributed by atoms with van der Waals surface area (Å²) in [6.07, 6.45) is 0. The van der Waals surface area contributed by atoms with Crippen LogP contribution in [-0.2, 0) is 4.79 Å². The Morgan fingerprint density at radius 2 is 2.17 bits per heavy atom. The fourth-order valence-electron chi connectivity index (χ4n) is 1.34. The molecule has 0 saturated carbocycles. The van der Waals surface area contributed by atoms with Gasteiger partial charge in [0.2, 0.25) is 0 Å². The van der Waals surface area contributed by atoms with E-state index in [0.717, 1.165) is 5.56 Å². The number of carbonyl (C=O) groups is 1. The Labute approximate surface area is 107 Å². The first-order valence-corrected chi connectivity index (χ1v) is 5.75. The van der Waals surface area contributed by atoms with Crippen molar-refractivity contribution in [3.8, 4) is 5.75 Å². The van der Waals surface area contributed by atoms with Crippen LogP contribution in [0.15, 0.2) is 18.2 Å². The highest BCUT2D eigenvalue weighted by molar-refractivity contribution is 5.77. The fraction of sp³-hybridized carbons (Fsp3) is 0.462. The Bertz CT molecular complexity index is 421. The molecule has 100 valence electrons. The van der Waals surface area contributed by atoms with E-state index in [0.29, 0.717) is 0 Å². The predicted octanol–water partition coefficient (Wildman–Crippen LogP) is 1.57. The van der Waals surface area contributed by atoms with E-state index in [2.05, 4.69) is 5.32 Å². The van der Waals surface area contributed by atoms with Gasteiger partial charge in [0, 0.05) is 20.1 Å². The zero-order chi connectivity index (χ0) is 13.7. The Morgan fingerprint density at radius 1 is 1.50 bits per heavy atom. The Kier molecular flexibility index (Phi) is 5.09. The number of likely N-dealkylation sites (N-methyl/N-ethyl adjacent to an activating group) is 1.